The highest BCUT2D eigenvalue weighted by atomic mass is 15.2. The van der Waals surface area contributed by atoms with Crippen LogP contribution >= 0.6 is 0 Å². The summed E-state index contributed by atoms with van der Waals surface area (Å²) in [7, 11) is 0. The Morgan fingerprint density at radius 1 is 0.200 bits per heavy atom. The van der Waals surface area contributed by atoms with Crippen LogP contribution in [0, 0.1) is 0 Å². The molecule has 0 spiro atoms. The van der Waals surface area contributed by atoms with Crippen LogP contribution in [0.3, 0.4) is 0 Å². The summed E-state index contributed by atoms with van der Waals surface area (Å²) in [6.45, 7) is 0. The lowest BCUT2D eigenvalue weighted by Crippen LogP contribution is -2.13. The Kier molecular flexibility index (Phi) is 9.93. The zero-order chi connectivity index (χ0) is 52.4. The maximum Gasteiger partial charge on any atom is 0.0469 e. The van der Waals surface area contributed by atoms with Gasteiger partial charge in [0.05, 0.1) is 0 Å². The van der Waals surface area contributed by atoms with Gasteiger partial charge in [-0.05, 0) is 236 Å². The molecule has 0 bridgehead atoms. The highest BCUT2D eigenvalue weighted by Gasteiger charge is 2.27. The van der Waals surface area contributed by atoms with Gasteiger partial charge < -0.3 is 19.7 Å². The first-order valence-corrected chi connectivity index (χ1v) is 28.1. The molecule has 0 atom stereocenters. The van der Waals surface area contributed by atoms with E-state index in [1.54, 1.807) is 0 Å². The summed E-state index contributed by atoms with van der Waals surface area (Å²) in [5.74, 6) is 0. The van der Waals surface area contributed by atoms with Gasteiger partial charge in [0.1, 0.15) is 0 Å². The van der Waals surface area contributed by atoms with Crippen molar-refractivity contribution in [2.75, 3.05) is 14.7 Å². The SMILES string of the molecule is c1ccc2c(c1)Cc1ccc(N(c3ccc(N(c4ccc5c(c4)-c4ccccc4C5)c4ccc5c(c4)-c4ccccc4C5)cc3)c3ccc(N(c4ccc5c(c4)-c4ccccc4C5)c4ccc5[nH]c6ccccc6c5c4)cc3)cc1-2. The maximum absolute atomic E-state index is 3.66. The molecule has 80 heavy (non-hydrogen) atoms. The van der Waals surface area contributed by atoms with Crippen LogP contribution in [0.4, 0.5) is 51.2 Å². The van der Waals surface area contributed by atoms with E-state index in [2.05, 4.69) is 281 Å². The predicted molar refractivity (Wildman–Crippen MR) is 333 cm³/mol. The van der Waals surface area contributed by atoms with Crippen LogP contribution in [0.5, 0.6) is 0 Å². The highest BCUT2D eigenvalue weighted by molar-refractivity contribution is 6.09. The first-order valence-electron chi connectivity index (χ1n) is 28.1. The normalized spacial score (nSPS) is 12.8. The molecule has 0 aliphatic heterocycles. The van der Waals surface area contributed by atoms with E-state index in [9.17, 15) is 0 Å². The maximum atomic E-state index is 3.66. The van der Waals surface area contributed by atoms with Crippen molar-refractivity contribution in [1.29, 1.82) is 0 Å². The number of H-pyrrole nitrogens is 1. The lowest BCUT2D eigenvalue weighted by Gasteiger charge is -2.30. The Morgan fingerprint density at radius 2 is 0.463 bits per heavy atom. The number of para-hydroxylation sites is 1. The molecular weight excluding hydrogens is 969 g/mol. The second kappa shape index (κ2) is 17.7. The van der Waals surface area contributed by atoms with Crippen molar-refractivity contribution in [1.82, 2.24) is 4.98 Å². The van der Waals surface area contributed by atoms with Gasteiger partial charge in [0, 0.05) is 73.0 Å². The topological polar surface area (TPSA) is 25.5 Å². The van der Waals surface area contributed by atoms with Crippen molar-refractivity contribution in [2.24, 2.45) is 0 Å². The smallest absolute Gasteiger partial charge is 0.0469 e. The van der Waals surface area contributed by atoms with E-state index in [4.69, 9.17) is 0 Å². The number of rotatable bonds is 9. The van der Waals surface area contributed by atoms with Crippen molar-refractivity contribution in [3.63, 3.8) is 0 Å². The molecule has 12 aromatic carbocycles. The molecule has 4 aliphatic rings. The third kappa shape index (κ3) is 7.15. The Morgan fingerprint density at radius 3 is 0.838 bits per heavy atom. The Bertz CT molecular complexity index is 4580. The quantitative estimate of drug-likeness (QED) is 0.156. The van der Waals surface area contributed by atoms with Crippen molar-refractivity contribution in [2.45, 2.75) is 25.7 Å². The summed E-state index contributed by atoms with van der Waals surface area (Å²) in [4.78, 5) is 11.0. The summed E-state index contributed by atoms with van der Waals surface area (Å²) in [6, 6.07) is 97.7. The lowest BCUT2D eigenvalue weighted by molar-refractivity contribution is 1.22. The minimum atomic E-state index is 0.946. The van der Waals surface area contributed by atoms with E-state index < -0.39 is 0 Å². The fourth-order valence-electron chi connectivity index (χ4n) is 13.8. The Balaban J connectivity index is 0.801. The number of benzene rings is 12. The fourth-order valence-corrected chi connectivity index (χ4v) is 13.8. The summed E-state index contributed by atoms with van der Waals surface area (Å²) >= 11 is 0. The average molecular weight is 1020 g/mol. The van der Waals surface area contributed by atoms with E-state index in [-0.39, 0.29) is 0 Å². The van der Waals surface area contributed by atoms with Crippen LogP contribution in [0.1, 0.15) is 44.5 Å². The highest BCUT2D eigenvalue weighted by Crippen LogP contribution is 2.49. The molecule has 1 heterocycles. The van der Waals surface area contributed by atoms with Gasteiger partial charge >= 0.3 is 0 Å². The van der Waals surface area contributed by atoms with E-state index in [0.29, 0.717) is 0 Å². The van der Waals surface area contributed by atoms with Crippen molar-refractivity contribution in [3.8, 4) is 44.5 Å². The lowest BCUT2D eigenvalue weighted by atomic mass is 10.0. The zero-order valence-electron chi connectivity index (χ0n) is 44.0. The van der Waals surface area contributed by atoms with E-state index in [1.807, 2.05) is 0 Å². The summed E-state index contributed by atoms with van der Waals surface area (Å²) in [6.07, 6.45) is 3.82. The molecule has 13 aromatic rings. The molecule has 0 amide bonds. The third-order valence-electron chi connectivity index (χ3n) is 17.6. The van der Waals surface area contributed by atoms with Gasteiger partial charge in [-0.2, -0.15) is 0 Å². The standard InChI is InChI=1S/C76H52N4/c1-5-15-65-48(11-1)39-52-21-25-60(43-70(52)65)78(56-29-33-58(34-30-56)79(61-26-22-53-40-49-12-2-6-16-66(49)71(53)44-61)62-27-23-54-41-50-13-3-7-17-67(50)72(54)45-62)57-31-35-59(36-32-57)80(63-28-24-55-42-51-14-4-8-18-68(51)73(55)46-63)64-37-38-76-74(47-64)69-19-9-10-20-75(69)77-76/h1-38,43-47,77H,39-42H2. The minimum Gasteiger partial charge on any atom is -0.355 e. The van der Waals surface area contributed by atoms with Gasteiger partial charge in [0.2, 0.25) is 0 Å². The molecule has 4 nitrogen and oxygen atoms in total. The number of hydrogen-bond donors (Lipinski definition) is 1. The number of anilines is 9. The van der Waals surface area contributed by atoms with E-state index in [1.165, 1.54) is 99.8 Å². The number of nitrogens with one attached hydrogen (secondary N) is 1. The molecule has 376 valence electrons. The third-order valence-corrected chi connectivity index (χ3v) is 17.6. The average Bonchev–Trinajstić information content (AvgIpc) is 4.47. The first-order chi connectivity index (χ1) is 39.6. The Hall–Kier alpha value is -10.2. The molecular formula is C76H52N4. The number of nitrogens with zero attached hydrogens (tertiary/aromatic N) is 3. The first kappa shape index (κ1) is 44.9. The second-order valence-corrected chi connectivity index (χ2v) is 22.1. The van der Waals surface area contributed by atoms with Gasteiger partial charge in [-0.15, -0.1) is 0 Å². The zero-order valence-corrected chi connectivity index (χ0v) is 44.0. The van der Waals surface area contributed by atoms with Crippen molar-refractivity contribution < 1.29 is 0 Å². The number of fused-ring (bicyclic) bond motifs is 15. The summed E-state index contributed by atoms with van der Waals surface area (Å²) in [5, 5.41) is 2.43. The van der Waals surface area contributed by atoms with E-state index in [0.717, 1.165) is 87.9 Å². The molecule has 0 saturated heterocycles. The number of aromatic amines is 1. The van der Waals surface area contributed by atoms with Crippen LogP contribution in [-0.4, -0.2) is 4.98 Å². The number of hydrogen-bond acceptors (Lipinski definition) is 3. The van der Waals surface area contributed by atoms with Crippen LogP contribution < -0.4 is 14.7 Å². The molecule has 17 rings (SSSR count). The molecule has 1 N–H and O–H groups in total. The summed E-state index contributed by atoms with van der Waals surface area (Å²) < 4.78 is 0. The molecule has 0 saturated carbocycles. The van der Waals surface area contributed by atoms with E-state index >= 15 is 0 Å². The molecule has 1 aromatic heterocycles. The molecule has 4 aliphatic carbocycles. The van der Waals surface area contributed by atoms with Crippen LogP contribution in [-0.2, 0) is 25.7 Å². The van der Waals surface area contributed by atoms with Crippen LogP contribution in [0.15, 0.2) is 261 Å². The van der Waals surface area contributed by atoms with Gasteiger partial charge in [0.25, 0.3) is 0 Å². The second-order valence-electron chi connectivity index (χ2n) is 22.1. The van der Waals surface area contributed by atoms with Crippen molar-refractivity contribution in [3.05, 3.63) is 305 Å². The van der Waals surface area contributed by atoms with Gasteiger partial charge in [-0.1, -0.05) is 140 Å². The van der Waals surface area contributed by atoms with Gasteiger partial charge in [0.15, 0.2) is 0 Å². The monoisotopic (exact) mass is 1020 g/mol. The van der Waals surface area contributed by atoms with Crippen LogP contribution in [0.2, 0.25) is 0 Å². The van der Waals surface area contributed by atoms with Crippen LogP contribution in [0.25, 0.3) is 66.3 Å². The minimum absolute atomic E-state index is 0.946. The van der Waals surface area contributed by atoms with Gasteiger partial charge in [-0.3, -0.25) is 0 Å². The summed E-state index contributed by atoms with van der Waals surface area (Å²) in [5.41, 5.74) is 33.8. The molecule has 4 heteroatoms. The molecule has 0 fully saturated rings. The molecule has 0 radical (unpaired) electrons. The number of aromatic nitrogens is 1. The molecule has 0 unspecified atom stereocenters. The predicted octanol–water partition coefficient (Wildman–Crippen LogP) is 20.0. The van der Waals surface area contributed by atoms with Crippen molar-refractivity contribution >= 4 is 73.0 Å². The Labute approximate surface area is 465 Å². The van der Waals surface area contributed by atoms with Gasteiger partial charge in [-0.25, -0.2) is 0 Å². The fraction of sp³-hybridized carbons (Fsp3) is 0.0526. The largest absolute Gasteiger partial charge is 0.355 e.